The van der Waals surface area contributed by atoms with Crippen molar-refractivity contribution in [2.75, 3.05) is 6.61 Å². The van der Waals surface area contributed by atoms with Crippen molar-refractivity contribution in [3.05, 3.63) is 35.9 Å². The van der Waals surface area contributed by atoms with Gasteiger partial charge in [-0.3, -0.25) is 0 Å². The van der Waals surface area contributed by atoms with Gasteiger partial charge in [-0.05, 0) is 12.5 Å². The third kappa shape index (κ3) is 4.01. The van der Waals surface area contributed by atoms with Gasteiger partial charge in [-0.15, -0.1) is 11.6 Å². The molecule has 0 saturated heterocycles. The first kappa shape index (κ1) is 14.5. The molecule has 0 radical (unpaired) electrons. The fourth-order valence-electron chi connectivity index (χ4n) is 1.26. The first-order valence-corrected chi connectivity index (χ1v) is 5.83. The molecule has 0 aromatic heterocycles. The number of hydrogen-bond donors (Lipinski definition) is 1. The average Bonchev–Trinajstić information content (AvgIpc) is 2.38. The van der Waals surface area contributed by atoms with E-state index in [1.165, 1.54) is 0 Å². The van der Waals surface area contributed by atoms with E-state index in [0.29, 0.717) is 5.56 Å². The lowest BCUT2D eigenvalue weighted by Gasteiger charge is -2.16. The maximum atomic E-state index is 11.5. The first-order valence-electron chi connectivity index (χ1n) is 5.39. The number of benzene rings is 1. The zero-order valence-electron chi connectivity index (χ0n) is 9.84. The smallest absolute Gasteiger partial charge is 0.434 e. The van der Waals surface area contributed by atoms with Crippen molar-refractivity contribution >= 4 is 23.7 Å². The summed E-state index contributed by atoms with van der Waals surface area (Å²) in [7, 11) is 0. The first-order chi connectivity index (χ1) is 8.56. The van der Waals surface area contributed by atoms with E-state index in [1.54, 1.807) is 31.2 Å². The minimum absolute atomic E-state index is 0.115. The number of halogens is 1. The van der Waals surface area contributed by atoms with E-state index in [2.05, 4.69) is 9.47 Å². The second kappa shape index (κ2) is 6.98. The summed E-state index contributed by atoms with van der Waals surface area (Å²) in [6.07, 6.45) is -1.07. The molecule has 0 bridgehead atoms. The Bertz CT molecular complexity index is 410. The molecule has 5 nitrogen and oxygen atoms in total. The van der Waals surface area contributed by atoms with Gasteiger partial charge in [0.2, 0.25) is 0 Å². The van der Waals surface area contributed by atoms with Crippen molar-refractivity contribution in [3.63, 3.8) is 0 Å². The fraction of sp³-hybridized carbons (Fsp3) is 0.333. The van der Waals surface area contributed by atoms with Gasteiger partial charge >= 0.3 is 12.1 Å². The molecule has 98 valence electrons. The molecule has 1 rings (SSSR count). The van der Waals surface area contributed by atoms with Gasteiger partial charge in [0, 0.05) is 0 Å². The van der Waals surface area contributed by atoms with Crippen molar-refractivity contribution in [1.29, 1.82) is 0 Å². The monoisotopic (exact) mass is 271 g/mol. The molecule has 0 fully saturated rings. The third-order valence-electron chi connectivity index (χ3n) is 2.15. The predicted octanol–water partition coefficient (Wildman–Crippen LogP) is 1.99. The summed E-state index contributed by atoms with van der Waals surface area (Å²) in [6, 6.07) is 7.68. The lowest BCUT2D eigenvalue weighted by molar-refractivity contribution is -0.141. The summed E-state index contributed by atoms with van der Waals surface area (Å²) >= 11 is 6.03. The zero-order chi connectivity index (χ0) is 13.5. The van der Waals surface area contributed by atoms with Crippen LogP contribution in [0.25, 0.3) is 0 Å². The van der Waals surface area contributed by atoms with Crippen molar-refractivity contribution in [1.82, 2.24) is 0 Å². The van der Waals surface area contributed by atoms with Gasteiger partial charge in [-0.25, -0.2) is 9.59 Å². The molecule has 0 aliphatic rings. The molecule has 0 amide bonds. The quantitative estimate of drug-likeness (QED) is 0.515. The fourth-order valence-corrected chi connectivity index (χ4v) is 1.51. The Labute approximate surface area is 110 Å². The molecule has 0 aliphatic heterocycles. The molecule has 1 aromatic rings. The van der Waals surface area contributed by atoms with Gasteiger partial charge in [0.1, 0.15) is 6.04 Å². The molecule has 1 aromatic carbocycles. The summed E-state index contributed by atoms with van der Waals surface area (Å²) < 4.78 is 8.85. The zero-order valence-corrected chi connectivity index (χ0v) is 10.6. The van der Waals surface area contributed by atoms with Gasteiger partial charge in [0.25, 0.3) is 0 Å². The highest BCUT2D eigenvalue weighted by molar-refractivity contribution is 6.22. The van der Waals surface area contributed by atoms with E-state index in [0.717, 1.165) is 0 Å². The van der Waals surface area contributed by atoms with Crippen LogP contribution < -0.4 is 5.73 Å². The number of rotatable bonds is 4. The van der Waals surface area contributed by atoms with Crippen molar-refractivity contribution in [2.24, 2.45) is 5.73 Å². The predicted molar refractivity (Wildman–Crippen MR) is 66.1 cm³/mol. The Morgan fingerprint density at radius 1 is 1.33 bits per heavy atom. The molecule has 0 heterocycles. The highest BCUT2D eigenvalue weighted by Gasteiger charge is 2.27. The topological polar surface area (TPSA) is 78.6 Å². The Hall–Kier alpha value is -1.59. The number of nitrogens with two attached hydrogens (primary N) is 1. The lowest BCUT2D eigenvalue weighted by atomic mass is 10.1. The normalized spacial score (nSPS) is 13.5. The highest BCUT2D eigenvalue weighted by atomic mass is 35.5. The lowest BCUT2D eigenvalue weighted by Crippen LogP contribution is -2.37. The van der Waals surface area contributed by atoms with Crippen LogP contribution in [0, 0.1) is 0 Å². The molecule has 18 heavy (non-hydrogen) atoms. The van der Waals surface area contributed by atoms with Crippen molar-refractivity contribution in [3.8, 4) is 0 Å². The molecule has 2 N–H and O–H groups in total. The van der Waals surface area contributed by atoms with Crippen LogP contribution in [-0.2, 0) is 14.3 Å². The van der Waals surface area contributed by atoms with E-state index in [9.17, 15) is 9.59 Å². The number of ether oxygens (including phenoxy) is 2. The number of carbonyl (C=O) groups is 2. The van der Waals surface area contributed by atoms with Crippen LogP contribution in [0.3, 0.4) is 0 Å². The minimum Gasteiger partial charge on any atom is -0.434 e. The van der Waals surface area contributed by atoms with Crippen LogP contribution in [0.2, 0.25) is 0 Å². The molecule has 6 heteroatoms. The minimum atomic E-state index is -1.14. The number of alkyl halides is 1. The van der Waals surface area contributed by atoms with Crippen LogP contribution in [0.15, 0.2) is 30.3 Å². The van der Waals surface area contributed by atoms with Crippen LogP contribution in [0.4, 0.5) is 4.79 Å². The molecular weight excluding hydrogens is 258 g/mol. The number of hydrogen-bond acceptors (Lipinski definition) is 5. The van der Waals surface area contributed by atoms with Gasteiger partial charge in [-0.1, -0.05) is 30.3 Å². The largest absolute Gasteiger partial charge is 0.516 e. The molecule has 2 unspecified atom stereocenters. The molecular formula is C12H14ClNO4. The Morgan fingerprint density at radius 3 is 2.50 bits per heavy atom. The molecule has 0 spiro atoms. The second-order valence-electron chi connectivity index (χ2n) is 3.44. The maximum Gasteiger partial charge on any atom is 0.516 e. The SMILES string of the molecule is CCOC(=O)OC(=O)C(N)C(Cl)c1ccccc1. The Kier molecular flexibility index (Phi) is 5.61. The van der Waals surface area contributed by atoms with Gasteiger partial charge in [0.15, 0.2) is 0 Å². The Morgan fingerprint density at radius 2 is 1.94 bits per heavy atom. The van der Waals surface area contributed by atoms with E-state index < -0.39 is 23.5 Å². The molecule has 0 saturated carbocycles. The summed E-state index contributed by atoms with van der Waals surface area (Å²) in [5.74, 6) is -0.919. The Balaban J connectivity index is 2.61. The molecule has 2 atom stereocenters. The van der Waals surface area contributed by atoms with Crippen LogP contribution in [0.5, 0.6) is 0 Å². The highest BCUT2D eigenvalue weighted by Crippen LogP contribution is 2.23. The number of carbonyl (C=O) groups excluding carboxylic acids is 2. The molecule has 0 aliphatic carbocycles. The van der Waals surface area contributed by atoms with E-state index >= 15 is 0 Å². The van der Waals surface area contributed by atoms with Crippen molar-refractivity contribution < 1.29 is 19.1 Å². The summed E-state index contributed by atoms with van der Waals surface area (Å²) in [4.78, 5) is 22.5. The van der Waals surface area contributed by atoms with Gasteiger partial charge in [0.05, 0.1) is 12.0 Å². The van der Waals surface area contributed by atoms with Gasteiger partial charge in [-0.2, -0.15) is 0 Å². The maximum absolute atomic E-state index is 11.5. The standard InChI is InChI=1S/C12H14ClNO4/c1-2-17-12(16)18-11(15)10(14)9(13)8-6-4-3-5-7-8/h3-7,9-10H,2,14H2,1H3. The average molecular weight is 272 g/mol. The summed E-state index contributed by atoms with van der Waals surface area (Å²) in [5.41, 5.74) is 6.30. The number of esters is 1. The van der Waals surface area contributed by atoms with Crippen molar-refractivity contribution in [2.45, 2.75) is 18.3 Å². The summed E-state index contributed by atoms with van der Waals surface area (Å²) in [5, 5.41) is -0.770. The third-order valence-corrected chi connectivity index (χ3v) is 2.68. The van der Waals surface area contributed by atoms with E-state index in [-0.39, 0.29) is 6.61 Å². The van der Waals surface area contributed by atoms with E-state index in [1.807, 2.05) is 6.07 Å². The van der Waals surface area contributed by atoms with E-state index in [4.69, 9.17) is 17.3 Å². The van der Waals surface area contributed by atoms with Crippen LogP contribution >= 0.6 is 11.6 Å². The van der Waals surface area contributed by atoms with Gasteiger partial charge < -0.3 is 15.2 Å². The van der Waals surface area contributed by atoms with Crippen LogP contribution in [0.1, 0.15) is 17.9 Å². The summed E-state index contributed by atoms with van der Waals surface area (Å²) in [6.45, 7) is 1.71. The second-order valence-corrected chi connectivity index (χ2v) is 3.91. The van der Waals surface area contributed by atoms with Crippen LogP contribution in [-0.4, -0.2) is 24.8 Å².